The number of pyridine rings is 1. The third-order valence-corrected chi connectivity index (χ3v) is 3.90. The number of aromatic nitrogens is 1. The molecule has 0 spiro atoms. The monoisotopic (exact) mass is 402 g/mol. The van der Waals surface area contributed by atoms with Gasteiger partial charge in [-0.05, 0) is 18.2 Å². The topological polar surface area (TPSA) is 86.2 Å². The van der Waals surface area contributed by atoms with Crippen molar-refractivity contribution in [3.05, 3.63) is 48.2 Å². The number of hydrogen-bond donors (Lipinski definition) is 2. The minimum Gasteiger partial charge on any atom is -0.493 e. The van der Waals surface area contributed by atoms with Crippen LogP contribution in [0, 0.1) is 0 Å². The first-order valence-electron chi connectivity index (χ1n) is 9.52. The Labute approximate surface area is 172 Å². The highest BCUT2D eigenvalue weighted by Gasteiger charge is 2.07. The van der Waals surface area contributed by atoms with Gasteiger partial charge < -0.3 is 29.6 Å². The van der Waals surface area contributed by atoms with Crippen molar-refractivity contribution in [1.29, 1.82) is 0 Å². The summed E-state index contributed by atoms with van der Waals surface area (Å²) in [4.78, 5) is 8.56. The van der Waals surface area contributed by atoms with E-state index in [9.17, 15) is 0 Å². The molecule has 0 aliphatic heterocycles. The van der Waals surface area contributed by atoms with Gasteiger partial charge in [0.1, 0.15) is 12.4 Å². The van der Waals surface area contributed by atoms with Gasteiger partial charge in [0.15, 0.2) is 5.96 Å². The molecule has 0 saturated carbocycles. The minimum atomic E-state index is 0.449. The van der Waals surface area contributed by atoms with Crippen molar-refractivity contribution in [2.24, 2.45) is 4.99 Å². The van der Waals surface area contributed by atoms with Crippen LogP contribution >= 0.6 is 0 Å². The van der Waals surface area contributed by atoms with E-state index < -0.39 is 0 Å². The van der Waals surface area contributed by atoms with Crippen LogP contribution < -0.4 is 20.1 Å². The molecule has 0 atom stereocenters. The summed E-state index contributed by atoms with van der Waals surface area (Å²) in [5, 5.41) is 6.54. The lowest BCUT2D eigenvalue weighted by molar-refractivity contribution is 0.143. The number of anilines is 1. The van der Waals surface area contributed by atoms with E-state index in [1.54, 1.807) is 27.5 Å². The lowest BCUT2D eigenvalue weighted by atomic mass is 10.2. The van der Waals surface area contributed by atoms with Gasteiger partial charge >= 0.3 is 0 Å². The molecule has 0 unspecified atom stereocenters. The number of benzene rings is 1. The average Bonchev–Trinajstić information content (AvgIpc) is 2.75. The number of hydrogen-bond acceptors (Lipinski definition) is 6. The van der Waals surface area contributed by atoms with Crippen LogP contribution in [0.1, 0.15) is 12.0 Å². The molecule has 1 aromatic carbocycles. The molecule has 0 radical (unpaired) electrons. The maximum Gasteiger partial charge on any atom is 0.218 e. The zero-order valence-electron chi connectivity index (χ0n) is 17.3. The number of ether oxygens (including phenoxy) is 4. The molecule has 1 aromatic heterocycles. The summed E-state index contributed by atoms with van der Waals surface area (Å²) in [6.45, 7) is 2.77. The Balaban J connectivity index is 1.90. The highest BCUT2D eigenvalue weighted by molar-refractivity contribution is 5.93. The van der Waals surface area contributed by atoms with Gasteiger partial charge in [0.2, 0.25) is 5.88 Å². The maximum atomic E-state index is 5.74. The van der Waals surface area contributed by atoms with Gasteiger partial charge in [-0.15, -0.1) is 0 Å². The highest BCUT2D eigenvalue weighted by atomic mass is 16.5. The van der Waals surface area contributed by atoms with Crippen LogP contribution in [0.5, 0.6) is 11.6 Å². The van der Waals surface area contributed by atoms with E-state index in [0.29, 0.717) is 44.8 Å². The Morgan fingerprint density at radius 3 is 2.66 bits per heavy atom. The number of methoxy groups -OCH3 is 2. The molecule has 0 amide bonds. The van der Waals surface area contributed by atoms with Crippen molar-refractivity contribution >= 4 is 11.6 Å². The van der Waals surface area contributed by atoms with Gasteiger partial charge in [0.05, 0.1) is 13.2 Å². The second kappa shape index (κ2) is 13.4. The number of guanidine groups is 1. The molecule has 0 aliphatic carbocycles. The molecule has 0 bridgehead atoms. The van der Waals surface area contributed by atoms with Crippen LogP contribution in [0.3, 0.4) is 0 Å². The van der Waals surface area contributed by atoms with Gasteiger partial charge in [0, 0.05) is 64.4 Å². The van der Waals surface area contributed by atoms with Crippen molar-refractivity contribution in [2.45, 2.75) is 13.0 Å². The lowest BCUT2D eigenvalue weighted by Gasteiger charge is -2.15. The summed E-state index contributed by atoms with van der Waals surface area (Å²) >= 11 is 0. The molecule has 8 nitrogen and oxygen atoms in total. The second-order valence-corrected chi connectivity index (χ2v) is 6.08. The van der Waals surface area contributed by atoms with Gasteiger partial charge in [0.25, 0.3) is 0 Å². The first kappa shape index (κ1) is 22.4. The summed E-state index contributed by atoms with van der Waals surface area (Å²) in [7, 11) is 5.04. The summed E-state index contributed by atoms with van der Waals surface area (Å²) in [5.41, 5.74) is 1.81. The first-order chi connectivity index (χ1) is 14.3. The predicted molar refractivity (Wildman–Crippen MR) is 114 cm³/mol. The summed E-state index contributed by atoms with van der Waals surface area (Å²) in [6, 6.07) is 11.6. The fraction of sp³-hybridized carbons (Fsp3) is 0.429. The van der Waals surface area contributed by atoms with Crippen LogP contribution in [0.4, 0.5) is 5.69 Å². The Bertz CT molecular complexity index is 755. The zero-order valence-corrected chi connectivity index (χ0v) is 17.3. The fourth-order valence-electron chi connectivity index (χ4n) is 2.46. The third-order valence-electron chi connectivity index (χ3n) is 3.90. The molecule has 0 saturated heterocycles. The third kappa shape index (κ3) is 8.37. The van der Waals surface area contributed by atoms with Crippen LogP contribution in [-0.2, 0) is 16.0 Å². The smallest absolute Gasteiger partial charge is 0.218 e. The molecule has 2 N–H and O–H groups in total. The van der Waals surface area contributed by atoms with Gasteiger partial charge in [-0.2, -0.15) is 0 Å². The van der Waals surface area contributed by atoms with Gasteiger partial charge in [-0.25, -0.2) is 4.98 Å². The zero-order chi connectivity index (χ0) is 20.7. The maximum absolute atomic E-state index is 5.74. The summed E-state index contributed by atoms with van der Waals surface area (Å²) in [6.07, 6.45) is 2.55. The first-order valence-corrected chi connectivity index (χ1v) is 9.52. The van der Waals surface area contributed by atoms with E-state index in [-0.39, 0.29) is 0 Å². The van der Waals surface area contributed by atoms with Crippen molar-refractivity contribution in [1.82, 2.24) is 10.3 Å². The Hall–Kier alpha value is -2.84. The van der Waals surface area contributed by atoms with Crippen LogP contribution in [0.15, 0.2) is 47.6 Å². The van der Waals surface area contributed by atoms with Gasteiger partial charge in [-0.3, -0.25) is 4.99 Å². The van der Waals surface area contributed by atoms with E-state index in [2.05, 4.69) is 20.6 Å². The molecule has 29 heavy (non-hydrogen) atoms. The summed E-state index contributed by atoms with van der Waals surface area (Å²) < 4.78 is 21.5. The van der Waals surface area contributed by atoms with Crippen LogP contribution in [-0.4, -0.2) is 58.6 Å². The number of nitrogens with one attached hydrogen (secondary N) is 2. The van der Waals surface area contributed by atoms with Crippen molar-refractivity contribution < 1.29 is 18.9 Å². The number of rotatable bonds is 12. The normalized spacial score (nSPS) is 11.2. The SMILES string of the molecule is CN=C(NCc1cccnc1OCCOC)Nc1cccc(OCCCOC)c1. The van der Waals surface area contributed by atoms with Gasteiger partial charge in [-0.1, -0.05) is 12.1 Å². The van der Waals surface area contributed by atoms with Crippen molar-refractivity contribution in [3.63, 3.8) is 0 Å². The standard InChI is InChI=1S/C21H30N4O4/c1-22-21(24-16-17-7-5-10-23-20(17)29-14-13-27-3)25-18-8-4-9-19(15-18)28-12-6-11-26-2/h4-5,7-10,15H,6,11-14,16H2,1-3H3,(H2,22,24,25). The second-order valence-electron chi connectivity index (χ2n) is 6.08. The number of aliphatic imine (C=N–C) groups is 1. The van der Waals surface area contributed by atoms with E-state index in [1.807, 2.05) is 36.4 Å². The van der Waals surface area contributed by atoms with E-state index in [1.165, 1.54) is 0 Å². The largest absolute Gasteiger partial charge is 0.493 e. The molecular formula is C21H30N4O4. The van der Waals surface area contributed by atoms with Crippen molar-refractivity contribution in [2.75, 3.05) is 53.0 Å². The summed E-state index contributed by atoms with van der Waals surface area (Å²) in [5.74, 6) is 2.01. The minimum absolute atomic E-state index is 0.449. The van der Waals surface area contributed by atoms with E-state index >= 15 is 0 Å². The molecule has 2 rings (SSSR count). The molecule has 2 aromatic rings. The van der Waals surface area contributed by atoms with E-state index in [4.69, 9.17) is 18.9 Å². The number of nitrogens with zero attached hydrogens (tertiary/aromatic N) is 2. The Morgan fingerprint density at radius 2 is 1.86 bits per heavy atom. The quantitative estimate of drug-likeness (QED) is 0.321. The molecule has 1 heterocycles. The van der Waals surface area contributed by atoms with Crippen molar-refractivity contribution in [3.8, 4) is 11.6 Å². The fourth-order valence-corrected chi connectivity index (χ4v) is 2.46. The molecular weight excluding hydrogens is 372 g/mol. The average molecular weight is 402 g/mol. The Morgan fingerprint density at radius 1 is 1.00 bits per heavy atom. The molecule has 158 valence electrons. The molecule has 8 heteroatoms. The lowest BCUT2D eigenvalue weighted by Crippen LogP contribution is -2.30. The van der Waals surface area contributed by atoms with Crippen LogP contribution in [0.2, 0.25) is 0 Å². The molecule has 0 aliphatic rings. The predicted octanol–water partition coefficient (Wildman–Crippen LogP) is 2.71. The molecule has 0 fully saturated rings. The van der Waals surface area contributed by atoms with E-state index in [0.717, 1.165) is 23.4 Å². The Kier molecular flexibility index (Phi) is 10.3. The van der Waals surface area contributed by atoms with Crippen LogP contribution in [0.25, 0.3) is 0 Å². The highest BCUT2D eigenvalue weighted by Crippen LogP contribution is 2.18.